The summed E-state index contributed by atoms with van der Waals surface area (Å²) < 4.78 is 0. The highest BCUT2D eigenvalue weighted by Gasteiger charge is 2.35. The van der Waals surface area contributed by atoms with Crippen molar-refractivity contribution in [1.82, 2.24) is 0 Å². The Kier molecular flexibility index (Phi) is 4.00. The number of thiophene rings is 1. The van der Waals surface area contributed by atoms with Crippen LogP contribution in [0.25, 0.3) is 0 Å². The molecule has 16 heavy (non-hydrogen) atoms. The Bertz CT molecular complexity index is 300. The molecule has 1 atom stereocenters. The fourth-order valence-electron chi connectivity index (χ4n) is 2.50. The van der Waals surface area contributed by atoms with Crippen molar-refractivity contribution >= 4 is 11.3 Å². The van der Waals surface area contributed by atoms with E-state index in [-0.39, 0.29) is 0 Å². The number of hydrogen-bond acceptors (Lipinski definition) is 3. The normalized spacial score (nSPS) is 22.6. The molecule has 90 valence electrons. The lowest BCUT2D eigenvalue weighted by Crippen LogP contribution is -2.43. The Labute approximate surface area is 101 Å². The fourth-order valence-corrected chi connectivity index (χ4v) is 3.18. The molecule has 2 rings (SSSR count). The monoisotopic (exact) mass is 240 g/mol. The Morgan fingerprint density at radius 2 is 1.94 bits per heavy atom. The van der Waals surface area contributed by atoms with E-state index in [1.54, 1.807) is 11.3 Å². The summed E-state index contributed by atoms with van der Waals surface area (Å²) in [5, 5.41) is 24.7. The van der Waals surface area contributed by atoms with Crippen molar-refractivity contribution in [2.24, 2.45) is 0 Å². The molecule has 0 spiro atoms. The van der Waals surface area contributed by atoms with Gasteiger partial charge in [0, 0.05) is 6.42 Å². The van der Waals surface area contributed by atoms with E-state index in [1.807, 2.05) is 16.8 Å². The Morgan fingerprint density at radius 1 is 1.25 bits per heavy atom. The zero-order valence-electron chi connectivity index (χ0n) is 9.56. The molecule has 0 saturated heterocycles. The van der Waals surface area contributed by atoms with Crippen molar-refractivity contribution in [3.63, 3.8) is 0 Å². The molecule has 0 amide bonds. The minimum absolute atomic E-state index is 0.583. The van der Waals surface area contributed by atoms with E-state index >= 15 is 0 Å². The van der Waals surface area contributed by atoms with Gasteiger partial charge in [0.15, 0.2) is 0 Å². The van der Waals surface area contributed by atoms with E-state index in [4.69, 9.17) is 0 Å². The van der Waals surface area contributed by atoms with Gasteiger partial charge in [-0.2, -0.15) is 11.3 Å². The Hall–Kier alpha value is -0.380. The van der Waals surface area contributed by atoms with Crippen LogP contribution < -0.4 is 0 Å². The first-order valence-electron chi connectivity index (χ1n) is 6.12. The molecule has 1 heterocycles. The first-order chi connectivity index (χ1) is 7.71. The third-order valence-electron chi connectivity index (χ3n) is 3.60. The summed E-state index contributed by atoms with van der Waals surface area (Å²) >= 11 is 1.64. The van der Waals surface area contributed by atoms with Gasteiger partial charge in [-0.15, -0.1) is 0 Å². The van der Waals surface area contributed by atoms with Gasteiger partial charge in [0.25, 0.3) is 0 Å². The molecule has 1 aliphatic rings. The maximum atomic E-state index is 10.5. The second kappa shape index (κ2) is 5.30. The minimum atomic E-state index is -0.849. The third-order valence-corrected chi connectivity index (χ3v) is 4.33. The molecule has 2 N–H and O–H groups in total. The van der Waals surface area contributed by atoms with Crippen molar-refractivity contribution in [3.05, 3.63) is 22.4 Å². The van der Waals surface area contributed by atoms with Crippen molar-refractivity contribution < 1.29 is 10.2 Å². The van der Waals surface area contributed by atoms with Crippen LogP contribution in [-0.2, 0) is 6.42 Å². The third kappa shape index (κ3) is 2.84. The maximum absolute atomic E-state index is 10.5. The molecule has 0 aliphatic heterocycles. The number of aliphatic hydroxyl groups excluding tert-OH is 1. The molecular weight excluding hydrogens is 220 g/mol. The van der Waals surface area contributed by atoms with Gasteiger partial charge in [0.1, 0.15) is 0 Å². The molecule has 1 aromatic heterocycles. The summed E-state index contributed by atoms with van der Waals surface area (Å²) in [6, 6.07) is 2.02. The standard InChI is InChI=1S/C13H20O2S/c14-12(9-11-5-8-16-10-11)13(15)6-3-1-2-4-7-13/h5,8,10,12,14-15H,1-4,6-7,9H2. The molecule has 0 radical (unpaired) electrons. The quantitative estimate of drug-likeness (QED) is 0.798. The second-order valence-electron chi connectivity index (χ2n) is 4.87. The summed E-state index contributed by atoms with van der Waals surface area (Å²) in [5.41, 5.74) is 0.286. The van der Waals surface area contributed by atoms with E-state index in [2.05, 4.69) is 0 Å². The van der Waals surface area contributed by atoms with Crippen LogP contribution in [0.2, 0.25) is 0 Å². The lowest BCUT2D eigenvalue weighted by atomic mass is 9.85. The van der Waals surface area contributed by atoms with Gasteiger partial charge in [0.2, 0.25) is 0 Å². The van der Waals surface area contributed by atoms with Crippen LogP contribution in [0.3, 0.4) is 0 Å². The van der Waals surface area contributed by atoms with Gasteiger partial charge in [-0.25, -0.2) is 0 Å². The highest BCUT2D eigenvalue weighted by molar-refractivity contribution is 7.07. The molecule has 1 aliphatic carbocycles. The van der Waals surface area contributed by atoms with Crippen LogP contribution >= 0.6 is 11.3 Å². The highest BCUT2D eigenvalue weighted by Crippen LogP contribution is 2.31. The molecule has 3 heteroatoms. The zero-order valence-corrected chi connectivity index (χ0v) is 10.4. The van der Waals surface area contributed by atoms with E-state index in [0.717, 1.165) is 31.2 Å². The van der Waals surface area contributed by atoms with E-state index in [9.17, 15) is 10.2 Å². The van der Waals surface area contributed by atoms with Crippen LogP contribution in [0.1, 0.15) is 44.1 Å². The fraction of sp³-hybridized carbons (Fsp3) is 0.692. The van der Waals surface area contributed by atoms with E-state index in [1.165, 1.54) is 12.8 Å². The van der Waals surface area contributed by atoms with Gasteiger partial charge in [-0.05, 0) is 35.2 Å². The van der Waals surface area contributed by atoms with Gasteiger partial charge < -0.3 is 10.2 Å². The predicted octanol–water partition coefficient (Wildman–Crippen LogP) is 2.74. The van der Waals surface area contributed by atoms with Gasteiger partial charge in [-0.3, -0.25) is 0 Å². The predicted molar refractivity (Wildman–Crippen MR) is 66.7 cm³/mol. The lowest BCUT2D eigenvalue weighted by Gasteiger charge is -2.32. The van der Waals surface area contributed by atoms with Gasteiger partial charge >= 0.3 is 0 Å². The summed E-state index contributed by atoms with van der Waals surface area (Å²) in [5.74, 6) is 0. The number of rotatable bonds is 3. The summed E-state index contributed by atoms with van der Waals surface area (Å²) in [6.07, 6.45) is 5.92. The zero-order chi connectivity index (χ0) is 11.4. The molecule has 1 aromatic rings. The molecule has 1 unspecified atom stereocenters. The summed E-state index contributed by atoms with van der Waals surface area (Å²) in [6.45, 7) is 0. The van der Waals surface area contributed by atoms with Crippen molar-refractivity contribution in [1.29, 1.82) is 0 Å². The molecular formula is C13H20O2S. The second-order valence-corrected chi connectivity index (χ2v) is 5.65. The molecule has 2 nitrogen and oxygen atoms in total. The van der Waals surface area contributed by atoms with Crippen molar-refractivity contribution in [2.45, 2.75) is 56.7 Å². The van der Waals surface area contributed by atoms with Crippen LogP contribution in [-0.4, -0.2) is 21.9 Å². The highest BCUT2D eigenvalue weighted by atomic mass is 32.1. The molecule has 0 bridgehead atoms. The van der Waals surface area contributed by atoms with Gasteiger partial charge in [0.05, 0.1) is 11.7 Å². The Morgan fingerprint density at radius 3 is 2.50 bits per heavy atom. The van der Waals surface area contributed by atoms with Crippen molar-refractivity contribution in [2.75, 3.05) is 0 Å². The van der Waals surface area contributed by atoms with Gasteiger partial charge in [-0.1, -0.05) is 25.7 Å². The van der Waals surface area contributed by atoms with E-state index < -0.39 is 11.7 Å². The first-order valence-corrected chi connectivity index (χ1v) is 7.06. The van der Waals surface area contributed by atoms with Crippen LogP contribution in [0.5, 0.6) is 0 Å². The number of hydrogen-bond donors (Lipinski definition) is 2. The summed E-state index contributed by atoms with van der Waals surface area (Å²) in [7, 11) is 0. The first kappa shape index (κ1) is 12.1. The lowest BCUT2D eigenvalue weighted by molar-refractivity contribution is -0.0836. The maximum Gasteiger partial charge on any atom is 0.0908 e. The smallest absolute Gasteiger partial charge is 0.0908 e. The van der Waals surface area contributed by atoms with Crippen LogP contribution in [0.15, 0.2) is 16.8 Å². The average Bonchev–Trinajstić information content (AvgIpc) is 2.66. The van der Waals surface area contributed by atoms with Crippen LogP contribution in [0, 0.1) is 0 Å². The largest absolute Gasteiger partial charge is 0.390 e. The number of aliphatic hydroxyl groups is 2. The molecule has 1 saturated carbocycles. The summed E-state index contributed by atoms with van der Waals surface area (Å²) in [4.78, 5) is 0. The molecule has 0 aromatic carbocycles. The van der Waals surface area contributed by atoms with Crippen LogP contribution in [0.4, 0.5) is 0 Å². The van der Waals surface area contributed by atoms with E-state index in [0.29, 0.717) is 6.42 Å². The topological polar surface area (TPSA) is 40.5 Å². The minimum Gasteiger partial charge on any atom is -0.390 e. The Balaban J connectivity index is 1.98. The SMILES string of the molecule is OC(Cc1ccsc1)C1(O)CCCCCC1. The molecule has 1 fully saturated rings. The van der Waals surface area contributed by atoms with Crippen molar-refractivity contribution in [3.8, 4) is 0 Å². The average molecular weight is 240 g/mol.